The molecule has 0 radical (unpaired) electrons. The lowest BCUT2D eigenvalue weighted by Gasteiger charge is -2.21. The number of benzene rings is 1. The van der Waals surface area contributed by atoms with Gasteiger partial charge in [-0.15, -0.1) is 0 Å². The van der Waals surface area contributed by atoms with Gasteiger partial charge in [-0.25, -0.2) is 0 Å². The summed E-state index contributed by atoms with van der Waals surface area (Å²) in [7, 11) is 0. The van der Waals surface area contributed by atoms with Crippen LogP contribution in [0.4, 0.5) is 13.2 Å². The molecule has 19 heavy (non-hydrogen) atoms. The first-order valence-corrected chi connectivity index (χ1v) is 6.12. The molecule has 0 aliphatic heterocycles. The lowest BCUT2D eigenvalue weighted by molar-refractivity contribution is -0.153. The van der Waals surface area contributed by atoms with Gasteiger partial charge in [0.15, 0.2) is 0 Å². The molecule has 0 fully saturated rings. The van der Waals surface area contributed by atoms with Gasteiger partial charge >= 0.3 is 6.18 Å². The number of aliphatic hydroxyl groups is 1. The van der Waals surface area contributed by atoms with Crippen molar-refractivity contribution in [3.8, 4) is 0 Å². The Bertz CT molecular complexity index is 406. The Kier molecular flexibility index (Phi) is 4.63. The molecule has 2 nitrogen and oxygen atoms in total. The molecule has 0 amide bonds. The molecule has 0 spiro atoms. The van der Waals surface area contributed by atoms with Crippen molar-refractivity contribution in [3.05, 3.63) is 35.4 Å². The quantitative estimate of drug-likeness (QED) is 0.889. The summed E-state index contributed by atoms with van der Waals surface area (Å²) in [5.74, 6) is 0. The van der Waals surface area contributed by atoms with Gasteiger partial charge in [0.25, 0.3) is 0 Å². The molecule has 1 rings (SSSR count). The van der Waals surface area contributed by atoms with Crippen molar-refractivity contribution in [3.63, 3.8) is 0 Å². The van der Waals surface area contributed by atoms with Crippen LogP contribution in [0.1, 0.15) is 44.4 Å². The largest absolute Gasteiger partial charge is 0.403 e. The van der Waals surface area contributed by atoms with Crippen molar-refractivity contribution in [2.75, 3.05) is 0 Å². The van der Waals surface area contributed by atoms with Gasteiger partial charge < -0.3 is 10.8 Å². The van der Waals surface area contributed by atoms with E-state index in [4.69, 9.17) is 5.73 Å². The SMILES string of the molecule is CC(C)(C)c1ccc(C(O)CC(N)C(F)(F)F)cc1. The first kappa shape index (κ1) is 16.0. The topological polar surface area (TPSA) is 46.2 Å². The van der Waals surface area contributed by atoms with Gasteiger partial charge in [0.05, 0.1) is 6.10 Å². The lowest BCUT2D eigenvalue weighted by Crippen LogP contribution is -2.38. The highest BCUT2D eigenvalue weighted by Gasteiger charge is 2.37. The van der Waals surface area contributed by atoms with Crippen molar-refractivity contribution < 1.29 is 18.3 Å². The van der Waals surface area contributed by atoms with Gasteiger partial charge in [0.1, 0.15) is 6.04 Å². The monoisotopic (exact) mass is 275 g/mol. The second kappa shape index (κ2) is 5.51. The molecule has 2 atom stereocenters. The summed E-state index contributed by atoms with van der Waals surface area (Å²) in [6.07, 6.45) is -6.21. The molecule has 0 aliphatic rings. The van der Waals surface area contributed by atoms with Crippen LogP contribution in [-0.4, -0.2) is 17.3 Å². The van der Waals surface area contributed by atoms with Crippen LogP contribution in [0.25, 0.3) is 0 Å². The molecule has 0 aromatic heterocycles. The van der Waals surface area contributed by atoms with Crippen LogP contribution >= 0.6 is 0 Å². The zero-order valence-electron chi connectivity index (χ0n) is 11.3. The lowest BCUT2D eigenvalue weighted by atomic mass is 9.86. The Morgan fingerprint density at radius 3 is 1.95 bits per heavy atom. The third-order valence-corrected chi connectivity index (χ3v) is 3.06. The van der Waals surface area contributed by atoms with Crippen molar-refractivity contribution in [1.82, 2.24) is 0 Å². The fourth-order valence-corrected chi connectivity index (χ4v) is 1.72. The normalized spacial score (nSPS) is 16.2. The molecular weight excluding hydrogens is 255 g/mol. The maximum atomic E-state index is 12.3. The number of hydrogen-bond donors (Lipinski definition) is 2. The van der Waals surface area contributed by atoms with Gasteiger partial charge in [-0.2, -0.15) is 13.2 Å². The van der Waals surface area contributed by atoms with E-state index in [2.05, 4.69) is 0 Å². The van der Waals surface area contributed by atoms with E-state index in [1.54, 1.807) is 12.1 Å². The Morgan fingerprint density at radius 1 is 1.11 bits per heavy atom. The summed E-state index contributed by atoms with van der Waals surface area (Å²) in [5.41, 5.74) is 6.48. The fraction of sp³-hybridized carbons (Fsp3) is 0.571. The number of hydrogen-bond acceptors (Lipinski definition) is 2. The van der Waals surface area contributed by atoms with E-state index < -0.39 is 24.7 Å². The molecule has 0 heterocycles. The van der Waals surface area contributed by atoms with Crippen molar-refractivity contribution in [2.45, 2.75) is 50.9 Å². The van der Waals surface area contributed by atoms with E-state index in [9.17, 15) is 18.3 Å². The molecule has 1 aromatic rings. The summed E-state index contributed by atoms with van der Waals surface area (Å²) in [6, 6.07) is 4.92. The zero-order chi connectivity index (χ0) is 14.8. The van der Waals surface area contributed by atoms with E-state index in [-0.39, 0.29) is 5.41 Å². The molecule has 0 saturated carbocycles. The highest BCUT2D eigenvalue weighted by Crippen LogP contribution is 2.28. The van der Waals surface area contributed by atoms with Crippen LogP contribution in [0.2, 0.25) is 0 Å². The molecule has 1 aromatic carbocycles. The minimum absolute atomic E-state index is 0.0359. The Hall–Kier alpha value is -1.07. The van der Waals surface area contributed by atoms with E-state index in [1.165, 1.54) is 0 Å². The van der Waals surface area contributed by atoms with Crippen molar-refractivity contribution in [1.29, 1.82) is 0 Å². The molecule has 108 valence electrons. The number of nitrogens with two attached hydrogens (primary N) is 1. The second-order valence-corrected chi connectivity index (χ2v) is 5.77. The number of alkyl halides is 3. The third kappa shape index (κ3) is 4.51. The number of rotatable bonds is 3. The zero-order valence-corrected chi connectivity index (χ0v) is 11.3. The molecule has 0 aliphatic carbocycles. The van der Waals surface area contributed by atoms with Crippen LogP contribution < -0.4 is 5.73 Å². The predicted octanol–water partition coefficient (Wildman–Crippen LogP) is 3.30. The Morgan fingerprint density at radius 2 is 1.58 bits per heavy atom. The standard InChI is InChI=1S/C14H20F3NO/c1-13(2,3)10-6-4-9(5-7-10)11(19)8-12(18)14(15,16)17/h4-7,11-12,19H,8,18H2,1-3H3. The average Bonchev–Trinajstić information content (AvgIpc) is 2.26. The summed E-state index contributed by atoms with van der Waals surface area (Å²) >= 11 is 0. The molecule has 3 N–H and O–H groups in total. The van der Waals surface area contributed by atoms with E-state index >= 15 is 0 Å². The average molecular weight is 275 g/mol. The number of aliphatic hydroxyl groups excluding tert-OH is 1. The van der Waals surface area contributed by atoms with E-state index in [0.29, 0.717) is 5.56 Å². The maximum absolute atomic E-state index is 12.3. The van der Waals surface area contributed by atoms with Crippen LogP contribution in [0.3, 0.4) is 0 Å². The summed E-state index contributed by atoms with van der Waals surface area (Å²) in [4.78, 5) is 0. The minimum atomic E-state index is -4.48. The third-order valence-electron chi connectivity index (χ3n) is 3.06. The molecule has 0 saturated heterocycles. The first-order chi connectivity index (χ1) is 8.51. The van der Waals surface area contributed by atoms with Gasteiger partial charge in [-0.05, 0) is 16.5 Å². The van der Waals surface area contributed by atoms with E-state index in [0.717, 1.165) is 5.56 Å². The minimum Gasteiger partial charge on any atom is -0.388 e. The van der Waals surface area contributed by atoms with Crippen LogP contribution in [0.15, 0.2) is 24.3 Å². The van der Waals surface area contributed by atoms with Crippen LogP contribution in [0, 0.1) is 0 Å². The van der Waals surface area contributed by atoms with Crippen LogP contribution in [-0.2, 0) is 5.41 Å². The summed E-state index contributed by atoms with van der Waals surface area (Å²) in [6.45, 7) is 6.12. The Balaban J connectivity index is 2.76. The van der Waals surface area contributed by atoms with Gasteiger partial charge in [-0.1, -0.05) is 45.0 Å². The molecular formula is C14H20F3NO. The fourth-order valence-electron chi connectivity index (χ4n) is 1.72. The second-order valence-electron chi connectivity index (χ2n) is 5.77. The van der Waals surface area contributed by atoms with Gasteiger partial charge in [0, 0.05) is 6.42 Å². The summed E-state index contributed by atoms with van der Waals surface area (Å²) < 4.78 is 36.9. The first-order valence-electron chi connectivity index (χ1n) is 6.12. The Labute approximate surface area is 111 Å². The molecule has 5 heteroatoms. The van der Waals surface area contributed by atoms with Gasteiger partial charge in [-0.3, -0.25) is 0 Å². The molecule has 0 bridgehead atoms. The van der Waals surface area contributed by atoms with Crippen molar-refractivity contribution >= 4 is 0 Å². The van der Waals surface area contributed by atoms with Crippen molar-refractivity contribution in [2.24, 2.45) is 5.73 Å². The maximum Gasteiger partial charge on any atom is 0.403 e. The van der Waals surface area contributed by atoms with E-state index in [1.807, 2.05) is 32.9 Å². The molecule has 2 unspecified atom stereocenters. The van der Waals surface area contributed by atoms with Gasteiger partial charge in [0.2, 0.25) is 0 Å². The predicted molar refractivity (Wildman–Crippen MR) is 68.7 cm³/mol. The summed E-state index contributed by atoms with van der Waals surface area (Å²) in [5, 5.41) is 9.77. The van der Waals surface area contributed by atoms with Crippen LogP contribution in [0.5, 0.6) is 0 Å². The number of halogens is 3. The highest BCUT2D eigenvalue weighted by molar-refractivity contribution is 5.28. The smallest absolute Gasteiger partial charge is 0.388 e. The highest BCUT2D eigenvalue weighted by atomic mass is 19.4.